The number of hydrogen-bond donors (Lipinski definition) is 1. The van der Waals surface area contributed by atoms with Gasteiger partial charge in [0.05, 0.1) is 20.3 Å². The van der Waals surface area contributed by atoms with Crippen LogP contribution in [0.3, 0.4) is 0 Å². The van der Waals surface area contributed by atoms with Gasteiger partial charge < -0.3 is 24.6 Å². The first-order chi connectivity index (χ1) is 13.6. The summed E-state index contributed by atoms with van der Waals surface area (Å²) in [6.07, 6.45) is 0.857. The van der Waals surface area contributed by atoms with E-state index in [0.29, 0.717) is 30.3 Å². The van der Waals surface area contributed by atoms with Gasteiger partial charge in [-0.25, -0.2) is 4.79 Å². The number of methoxy groups -OCH3 is 2. The largest absolute Gasteiger partial charge is 0.493 e. The third-order valence-corrected chi connectivity index (χ3v) is 5.37. The smallest absolute Gasteiger partial charge is 0.322 e. The molecule has 0 aliphatic carbocycles. The zero-order chi connectivity index (χ0) is 19.7. The number of anilines is 1. The summed E-state index contributed by atoms with van der Waals surface area (Å²) >= 11 is 0. The van der Waals surface area contributed by atoms with Crippen molar-refractivity contribution in [2.24, 2.45) is 0 Å². The number of ether oxygens (including phenoxy) is 2. The fraction of sp³-hybridized carbons (Fsp3) is 0.333. The van der Waals surface area contributed by atoms with Crippen LogP contribution < -0.4 is 14.8 Å². The van der Waals surface area contributed by atoms with E-state index in [4.69, 9.17) is 9.47 Å². The van der Waals surface area contributed by atoms with Crippen LogP contribution in [0, 0.1) is 0 Å². The maximum atomic E-state index is 12.8. The average Bonchev–Trinajstić information content (AvgIpc) is 2.73. The predicted octanol–water partition coefficient (Wildman–Crippen LogP) is 2.68. The number of piperazine rings is 1. The molecule has 1 fully saturated rings. The zero-order valence-corrected chi connectivity index (χ0v) is 16.0. The van der Waals surface area contributed by atoms with Gasteiger partial charge in [-0.3, -0.25) is 4.79 Å². The number of nitrogens with one attached hydrogen (secondary N) is 1. The Labute approximate surface area is 163 Å². The zero-order valence-electron chi connectivity index (χ0n) is 16.0. The third kappa shape index (κ3) is 3.24. The van der Waals surface area contributed by atoms with Crippen LogP contribution in [0.4, 0.5) is 10.5 Å². The summed E-state index contributed by atoms with van der Waals surface area (Å²) in [5.41, 5.74) is 2.96. The number of carbonyl (C=O) groups is 2. The summed E-state index contributed by atoms with van der Waals surface area (Å²) < 4.78 is 10.5. The van der Waals surface area contributed by atoms with Gasteiger partial charge in [0, 0.05) is 24.8 Å². The molecule has 0 aromatic heterocycles. The van der Waals surface area contributed by atoms with Gasteiger partial charge in [-0.1, -0.05) is 24.3 Å². The molecule has 0 unspecified atom stereocenters. The van der Waals surface area contributed by atoms with Gasteiger partial charge in [-0.15, -0.1) is 0 Å². The van der Waals surface area contributed by atoms with Crippen molar-refractivity contribution in [3.05, 3.63) is 53.6 Å². The first kappa shape index (κ1) is 18.2. The van der Waals surface area contributed by atoms with E-state index in [2.05, 4.69) is 17.4 Å². The van der Waals surface area contributed by atoms with E-state index in [1.807, 2.05) is 17.0 Å². The normalized spacial score (nSPS) is 18.2. The van der Waals surface area contributed by atoms with E-state index < -0.39 is 0 Å². The van der Waals surface area contributed by atoms with Crippen molar-refractivity contribution in [1.29, 1.82) is 0 Å². The van der Waals surface area contributed by atoms with Crippen molar-refractivity contribution in [2.75, 3.05) is 39.2 Å². The third-order valence-electron chi connectivity index (χ3n) is 5.37. The number of rotatable bonds is 3. The Hall–Kier alpha value is -3.22. The van der Waals surface area contributed by atoms with E-state index in [0.717, 1.165) is 12.0 Å². The topological polar surface area (TPSA) is 71.1 Å². The van der Waals surface area contributed by atoms with Crippen LogP contribution in [0.5, 0.6) is 11.5 Å². The summed E-state index contributed by atoms with van der Waals surface area (Å²) in [6, 6.07) is 12.9. The minimum atomic E-state index is -0.303. The van der Waals surface area contributed by atoms with Gasteiger partial charge >= 0.3 is 6.03 Å². The van der Waals surface area contributed by atoms with Crippen LogP contribution in [0.15, 0.2) is 42.5 Å². The van der Waals surface area contributed by atoms with Crippen LogP contribution >= 0.6 is 0 Å². The van der Waals surface area contributed by atoms with Gasteiger partial charge in [0.25, 0.3) is 0 Å². The summed E-state index contributed by atoms with van der Waals surface area (Å²) in [4.78, 5) is 28.9. The Balaban J connectivity index is 1.52. The summed E-state index contributed by atoms with van der Waals surface area (Å²) in [6.45, 7) is 1.26. The number of nitrogens with zero attached hydrogens (tertiary/aromatic N) is 2. The van der Waals surface area contributed by atoms with E-state index >= 15 is 0 Å². The van der Waals surface area contributed by atoms with Crippen molar-refractivity contribution in [3.63, 3.8) is 0 Å². The molecule has 0 bridgehead atoms. The highest BCUT2D eigenvalue weighted by Crippen LogP contribution is 2.34. The highest BCUT2D eigenvalue weighted by atomic mass is 16.5. The molecule has 2 aliphatic rings. The van der Waals surface area contributed by atoms with Crippen LogP contribution in [0.25, 0.3) is 0 Å². The molecule has 0 saturated carbocycles. The molecule has 0 radical (unpaired) electrons. The standard InChI is InChI=1S/C21H23N3O4/c1-27-18-8-7-15(11-19(18)28-2)22-21(26)23-12-17-16-6-4-3-5-14(16)9-10-24(17)20(25)13-23/h3-8,11,17H,9-10,12-13H2,1-2H3,(H,22,26)/t17-/m1/s1. The molecule has 2 aliphatic heterocycles. The van der Waals surface area contributed by atoms with E-state index in [-0.39, 0.29) is 24.5 Å². The molecular weight excluding hydrogens is 358 g/mol. The van der Waals surface area contributed by atoms with E-state index in [1.165, 1.54) is 5.56 Å². The highest BCUT2D eigenvalue weighted by Gasteiger charge is 2.38. The number of urea groups is 1. The second-order valence-corrected chi connectivity index (χ2v) is 6.93. The number of amides is 3. The Kier molecular flexibility index (Phi) is 4.81. The fourth-order valence-corrected chi connectivity index (χ4v) is 3.95. The number of benzene rings is 2. The molecule has 4 rings (SSSR count). The lowest BCUT2D eigenvalue weighted by atomic mass is 9.91. The lowest BCUT2D eigenvalue weighted by molar-refractivity contribution is -0.139. The van der Waals surface area contributed by atoms with Crippen molar-refractivity contribution in [3.8, 4) is 11.5 Å². The van der Waals surface area contributed by atoms with Crippen molar-refractivity contribution >= 4 is 17.6 Å². The summed E-state index contributed by atoms with van der Waals surface area (Å²) in [5.74, 6) is 1.10. The molecule has 28 heavy (non-hydrogen) atoms. The maximum absolute atomic E-state index is 12.8. The van der Waals surface area contributed by atoms with E-state index in [9.17, 15) is 9.59 Å². The first-order valence-electron chi connectivity index (χ1n) is 9.26. The summed E-state index contributed by atoms with van der Waals surface area (Å²) in [5, 5.41) is 2.86. The van der Waals surface area contributed by atoms with Gasteiger partial charge in [-0.05, 0) is 29.7 Å². The second kappa shape index (κ2) is 7.42. The molecule has 3 amide bonds. The first-order valence-corrected chi connectivity index (χ1v) is 9.26. The van der Waals surface area contributed by atoms with Gasteiger partial charge in [-0.2, -0.15) is 0 Å². The Bertz CT molecular complexity index is 914. The van der Waals surface area contributed by atoms with Crippen molar-refractivity contribution in [2.45, 2.75) is 12.5 Å². The van der Waals surface area contributed by atoms with Gasteiger partial charge in [0.2, 0.25) is 5.91 Å². The van der Waals surface area contributed by atoms with E-state index in [1.54, 1.807) is 37.3 Å². The SMILES string of the molecule is COc1ccc(NC(=O)N2CC(=O)N3CCc4ccccc4[C@H]3C2)cc1OC. The molecule has 1 N–H and O–H groups in total. The number of carbonyl (C=O) groups excluding carboxylic acids is 2. The molecule has 0 spiro atoms. The maximum Gasteiger partial charge on any atom is 0.322 e. The molecule has 7 nitrogen and oxygen atoms in total. The minimum Gasteiger partial charge on any atom is -0.493 e. The molecule has 2 aromatic carbocycles. The molecule has 7 heteroatoms. The van der Waals surface area contributed by atoms with Crippen LogP contribution in [0.2, 0.25) is 0 Å². The second-order valence-electron chi connectivity index (χ2n) is 6.93. The van der Waals surface area contributed by atoms with Crippen molar-refractivity contribution < 1.29 is 19.1 Å². The highest BCUT2D eigenvalue weighted by molar-refractivity contribution is 5.93. The molecular formula is C21H23N3O4. The number of hydrogen-bond acceptors (Lipinski definition) is 4. The fourth-order valence-electron chi connectivity index (χ4n) is 3.95. The van der Waals surface area contributed by atoms with Gasteiger partial charge in [0.1, 0.15) is 6.54 Å². The lowest BCUT2D eigenvalue weighted by Crippen LogP contribution is -2.56. The quantitative estimate of drug-likeness (QED) is 0.887. The van der Waals surface area contributed by atoms with Crippen LogP contribution in [-0.2, 0) is 11.2 Å². The monoisotopic (exact) mass is 381 g/mol. The van der Waals surface area contributed by atoms with Crippen molar-refractivity contribution in [1.82, 2.24) is 9.80 Å². The van der Waals surface area contributed by atoms with Gasteiger partial charge in [0.15, 0.2) is 11.5 Å². The molecule has 1 atom stereocenters. The molecule has 2 aromatic rings. The Morgan fingerprint density at radius 3 is 2.68 bits per heavy atom. The lowest BCUT2D eigenvalue weighted by Gasteiger charge is -2.44. The molecule has 2 heterocycles. The average molecular weight is 381 g/mol. The predicted molar refractivity (Wildman–Crippen MR) is 105 cm³/mol. The minimum absolute atomic E-state index is 0.0202. The summed E-state index contributed by atoms with van der Waals surface area (Å²) in [7, 11) is 3.10. The molecule has 1 saturated heterocycles. The molecule has 146 valence electrons. The Morgan fingerprint density at radius 2 is 1.89 bits per heavy atom. The number of fused-ring (bicyclic) bond motifs is 3. The van der Waals surface area contributed by atoms with Crippen LogP contribution in [0.1, 0.15) is 17.2 Å². The van der Waals surface area contributed by atoms with Crippen LogP contribution in [-0.4, -0.2) is 55.6 Å². The Morgan fingerprint density at radius 1 is 1.11 bits per heavy atom.